The van der Waals surface area contributed by atoms with Crippen molar-refractivity contribution in [2.24, 2.45) is 0 Å². The van der Waals surface area contributed by atoms with Crippen LogP contribution in [-0.2, 0) is 6.54 Å². The Kier molecular flexibility index (Phi) is 4.17. The minimum Gasteiger partial charge on any atom is -0.306 e. The zero-order chi connectivity index (χ0) is 14.7. The molecule has 0 fully saturated rings. The SMILES string of the molecule is O=C(Nc1ccnn1Cc1ccc(Br)cc1)c1cccs1. The van der Waals surface area contributed by atoms with Crippen LogP contribution in [0.4, 0.5) is 5.82 Å². The normalized spacial score (nSPS) is 10.5. The molecule has 0 aliphatic carbocycles. The average Bonchev–Trinajstić information content (AvgIpc) is 3.14. The lowest BCUT2D eigenvalue weighted by molar-refractivity contribution is 0.102. The van der Waals surface area contributed by atoms with E-state index in [0.717, 1.165) is 10.0 Å². The summed E-state index contributed by atoms with van der Waals surface area (Å²) in [5.41, 5.74) is 1.12. The maximum atomic E-state index is 12.1. The number of thiophene rings is 1. The minimum atomic E-state index is -0.109. The molecule has 0 bridgehead atoms. The van der Waals surface area contributed by atoms with Crippen LogP contribution in [0.25, 0.3) is 0 Å². The van der Waals surface area contributed by atoms with E-state index in [1.165, 1.54) is 11.3 Å². The van der Waals surface area contributed by atoms with Gasteiger partial charge in [0.15, 0.2) is 0 Å². The monoisotopic (exact) mass is 361 g/mol. The van der Waals surface area contributed by atoms with Gasteiger partial charge in [0, 0.05) is 10.5 Å². The van der Waals surface area contributed by atoms with Gasteiger partial charge in [-0.05, 0) is 29.1 Å². The molecule has 0 aliphatic rings. The summed E-state index contributed by atoms with van der Waals surface area (Å²) >= 11 is 4.83. The first-order valence-corrected chi connectivity index (χ1v) is 8.01. The van der Waals surface area contributed by atoms with Crippen molar-refractivity contribution < 1.29 is 4.79 Å². The molecule has 1 amide bonds. The van der Waals surface area contributed by atoms with E-state index in [1.807, 2.05) is 35.7 Å². The van der Waals surface area contributed by atoms with Gasteiger partial charge in [-0.1, -0.05) is 34.1 Å². The molecule has 21 heavy (non-hydrogen) atoms. The Morgan fingerprint density at radius 2 is 2.05 bits per heavy atom. The Bertz CT molecular complexity index is 735. The molecule has 0 unspecified atom stereocenters. The van der Waals surface area contributed by atoms with Gasteiger partial charge in [0.1, 0.15) is 5.82 Å². The van der Waals surface area contributed by atoms with Crippen molar-refractivity contribution >= 4 is 39.0 Å². The summed E-state index contributed by atoms with van der Waals surface area (Å²) in [4.78, 5) is 12.8. The maximum Gasteiger partial charge on any atom is 0.266 e. The Morgan fingerprint density at radius 3 is 2.76 bits per heavy atom. The van der Waals surface area contributed by atoms with Crippen molar-refractivity contribution in [2.75, 3.05) is 5.32 Å². The van der Waals surface area contributed by atoms with Gasteiger partial charge in [-0.3, -0.25) is 4.79 Å². The third-order valence-electron chi connectivity index (χ3n) is 2.95. The summed E-state index contributed by atoms with van der Waals surface area (Å²) in [6.45, 7) is 0.611. The fourth-order valence-corrected chi connectivity index (χ4v) is 2.80. The number of nitrogens with zero attached hydrogens (tertiary/aromatic N) is 2. The van der Waals surface area contributed by atoms with E-state index in [4.69, 9.17) is 0 Å². The van der Waals surface area contributed by atoms with Gasteiger partial charge < -0.3 is 5.32 Å². The molecule has 0 aliphatic heterocycles. The molecule has 106 valence electrons. The summed E-state index contributed by atoms with van der Waals surface area (Å²) in [6.07, 6.45) is 1.68. The largest absolute Gasteiger partial charge is 0.306 e. The summed E-state index contributed by atoms with van der Waals surface area (Å²) in [7, 11) is 0. The van der Waals surface area contributed by atoms with E-state index < -0.39 is 0 Å². The number of halogens is 1. The van der Waals surface area contributed by atoms with Crippen LogP contribution in [0.15, 0.2) is 58.5 Å². The van der Waals surface area contributed by atoms with Gasteiger partial charge in [-0.15, -0.1) is 11.3 Å². The van der Waals surface area contributed by atoms with Crippen molar-refractivity contribution in [3.8, 4) is 0 Å². The smallest absolute Gasteiger partial charge is 0.266 e. The molecular weight excluding hydrogens is 350 g/mol. The number of anilines is 1. The molecule has 3 rings (SSSR count). The van der Waals surface area contributed by atoms with Crippen molar-refractivity contribution in [3.05, 3.63) is 69.0 Å². The molecule has 0 spiro atoms. The summed E-state index contributed by atoms with van der Waals surface area (Å²) in [5, 5.41) is 9.03. The van der Waals surface area contributed by atoms with Crippen LogP contribution in [0.3, 0.4) is 0 Å². The van der Waals surface area contributed by atoms with Crippen LogP contribution in [-0.4, -0.2) is 15.7 Å². The van der Waals surface area contributed by atoms with Crippen LogP contribution in [0.1, 0.15) is 15.2 Å². The molecule has 0 saturated carbocycles. The minimum absolute atomic E-state index is 0.109. The number of benzene rings is 1. The molecule has 3 aromatic rings. The summed E-state index contributed by atoms with van der Waals surface area (Å²) < 4.78 is 2.81. The lowest BCUT2D eigenvalue weighted by Crippen LogP contribution is -2.15. The van der Waals surface area contributed by atoms with Crippen molar-refractivity contribution in [3.63, 3.8) is 0 Å². The van der Waals surface area contributed by atoms with Crippen molar-refractivity contribution in [1.29, 1.82) is 0 Å². The molecule has 0 atom stereocenters. The fourth-order valence-electron chi connectivity index (χ4n) is 1.91. The van der Waals surface area contributed by atoms with E-state index in [2.05, 4.69) is 26.3 Å². The van der Waals surface area contributed by atoms with E-state index in [1.54, 1.807) is 23.0 Å². The molecule has 1 N–H and O–H groups in total. The first kappa shape index (κ1) is 14.0. The second-order valence-electron chi connectivity index (χ2n) is 4.43. The third kappa shape index (κ3) is 3.40. The number of carbonyl (C=O) groups excluding carboxylic acids is 1. The number of hydrogen-bond donors (Lipinski definition) is 1. The fraction of sp³-hybridized carbons (Fsp3) is 0.0667. The predicted octanol–water partition coefficient (Wildman–Crippen LogP) is 4.01. The van der Waals surface area contributed by atoms with Crippen molar-refractivity contribution in [1.82, 2.24) is 9.78 Å². The molecule has 4 nitrogen and oxygen atoms in total. The lowest BCUT2D eigenvalue weighted by Gasteiger charge is -2.08. The Hall–Kier alpha value is -1.92. The van der Waals surface area contributed by atoms with E-state index in [0.29, 0.717) is 17.2 Å². The number of nitrogens with one attached hydrogen (secondary N) is 1. The van der Waals surface area contributed by atoms with E-state index in [9.17, 15) is 4.79 Å². The Labute approximate surface area is 134 Å². The molecule has 2 aromatic heterocycles. The highest BCUT2D eigenvalue weighted by Gasteiger charge is 2.10. The lowest BCUT2D eigenvalue weighted by atomic mass is 10.2. The van der Waals surface area contributed by atoms with Crippen LogP contribution in [0.5, 0.6) is 0 Å². The zero-order valence-electron chi connectivity index (χ0n) is 11.0. The topological polar surface area (TPSA) is 46.9 Å². The Balaban J connectivity index is 1.75. The first-order valence-electron chi connectivity index (χ1n) is 6.33. The van der Waals surface area contributed by atoms with E-state index in [-0.39, 0.29) is 5.91 Å². The van der Waals surface area contributed by atoms with E-state index >= 15 is 0 Å². The number of carbonyl (C=O) groups is 1. The molecule has 0 radical (unpaired) electrons. The third-order valence-corrected chi connectivity index (χ3v) is 4.35. The highest BCUT2D eigenvalue weighted by Crippen LogP contribution is 2.16. The molecular formula is C15H12BrN3OS. The summed E-state index contributed by atoms with van der Waals surface area (Å²) in [6, 6.07) is 13.5. The quantitative estimate of drug-likeness (QED) is 0.762. The van der Waals surface area contributed by atoms with Gasteiger partial charge in [0.05, 0.1) is 17.6 Å². The van der Waals surface area contributed by atoms with Gasteiger partial charge in [0.2, 0.25) is 0 Å². The molecule has 0 saturated heterocycles. The van der Waals surface area contributed by atoms with Gasteiger partial charge in [0.25, 0.3) is 5.91 Å². The molecule has 1 aromatic carbocycles. The van der Waals surface area contributed by atoms with Gasteiger partial charge in [-0.25, -0.2) is 4.68 Å². The highest BCUT2D eigenvalue weighted by atomic mass is 79.9. The second kappa shape index (κ2) is 6.24. The predicted molar refractivity (Wildman–Crippen MR) is 87.7 cm³/mol. The van der Waals surface area contributed by atoms with Gasteiger partial charge >= 0.3 is 0 Å². The number of rotatable bonds is 4. The average molecular weight is 362 g/mol. The number of hydrogen-bond acceptors (Lipinski definition) is 3. The number of amides is 1. The first-order chi connectivity index (χ1) is 10.2. The van der Waals surface area contributed by atoms with Crippen LogP contribution < -0.4 is 5.32 Å². The molecule has 6 heteroatoms. The van der Waals surface area contributed by atoms with Crippen LogP contribution in [0, 0.1) is 0 Å². The zero-order valence-corrected chi connectivity index (χ0v) is 13.4. The standard InChI is InChI=1S/C15H12BrN3OS/c16-12-5-3-11(4-6-12)10-19-14(7-8-17-19)18-15(20)13-2-1-9-21-13/h1-9H,10H2,(H,18,20). The Morgan fingerprint density at radius 1 is 1.24 bits per heavy atom. The van der Waals surface area contributed by atoms with Crippen LogP contribution in [0.2, 0.25) is 0 Å². The molecule has 2 heterocycles. The number of aromatic nitrogens is 2. The van der Waals surface area contributed by atoms with Crippen LogP contribution >= 0.6 is 27.3 Å². The highest BCUT2D eigenvalue weighted by molar-refractivity contribution is 9.10. The summed E-state index contributed by atoms with van der Waals surface area (Å²) in [5.74, 6) is 0.582. The van der Waals surface area contributed by atoms with Gasteiger partial charge in [-0.2, -0.15) is 5.10 Å². The van der Waals surface area contributed by atoms with Crippen molar-refractivity contribution in [2.45, 2.75) is 6.54 Å². The second-order valence-corrected chi connectivity index (χ2v) is 6.30. The maximum absolute atomic E-state index is 12.1.